The van der Waals surface area contributed by atoms with Crippen LogP contribution in [0.25, 0.3) is 28.0 Å². The van der Waals surface area contributed by atoms with Crippen LogP contribution < -0.4 is 4.74 Å². The SMILES string of the molecule is C[S+](C)CCOCn1c(OC2CO[C@@H]3[C@H](O)CO[C@H]23)nc2cc(Cl)c(-c3ccc(C4=CCS(=O)(=NC(=O)C(F)(F)F)CC4)cc3)nc21. The minimum Gasteiger partial charge on any atom is -0.456 e. The molecule has 1 N–H and O–H groups in total. The number of ether oxygens (including phenoxy) is 4. The smallest absolute Gasteiger partial charge is 0.456 e. The van der Waals surface area contributed by atoms with Gasteiger partial charge in [0, 0.05) is 11.3 Å². The number of rotatable bonds is 9. The number of allylic oxidation sites excluding steroid dienone is 1. The van der Waals surface area contributed by atoms with E-state index in [1.165, 1.54) is 0 Å². The number of amides is 1. The van der Waals surface area contributed by atoms with E-state index in [9.17, 15) is 27.3 Å². The molecule has 2 aromatic heterocycles. The van der Waals surface area contributed by atoms with Crippen LogP contribution in [0.15, 0.2) is 40.8 Å². The molecule has 0 bridgehead atoms. The van der Waals surface area contributed by atoms with Gasteiger partial charge >= 0.3 is 18.1 Å². The Balaban J connectivity index is 1.25. The summed E-state index contributed by atoms with van der Waals surface area (Å²) >= 11 is 6.70. The van der Waals surface area contributed by atoms with Crippen molar-refractivity contribution in [2.75, 3.05) is 49.6 Å². The lowest BCUT2D eigenvalue weighted by atomic mass is 10.0. The van der Waals surface area contributed by atoms with Gasteiger partial charge in [-0.15, -0.1) is 0 Å². The zero-order valence-electron chi connectivity index (χ0n) is 25.4. The van der Waals surface area contributed by atoms with Crippen LogP contribution >= 0.6 is 11.6 Å². The van der Waals surface area contributed by atoms with Crippen molar-refractivity contribution in [3.63, 3.8) is 0 Å². The van der Waals surface area contributed by atoms with Crippen LogP contribution in [0.3, 0.4) is 0 Å². The summed E-state index contributed by atoms with van der Waals surface area (Å²) in [5.41, 5.74) is 3.73. The Labute approximate surface area is 276 Å². The summed E-state index contributed by atoms with van der Waals surface area (Å²) in [6.07, 6.45) is -1.22. The molecule has 0 saturated carbocycles. The normalized spacial score (nSPS) is 26.1. The number of carbonyl (C=O) groups excluding carboxylic acids is 1. The van der Waals surface area contributed by atoms with Crippen LogP contribution in [0.4, 0.5) is 13.2 Å². The monoisotopic (exact) mass is 717 g/mol. The number of nitrogens with zero attached hydrogens (tertiary/aromatic N) is 4. The van der Waals surface area contributed by atoms with Crippen molar-refractivity contribution >= 4 is 54.9 Å². The van der Waals surface area contributed by atoms with Gasteiger partial charge in [0.15, 0.2) is 11.8 Å². The number of carbonyl (C=O) groups is 1. The van der Waals surface area contributed by atoms with Crippen molar-refractivity contribution in [1.82, 2.24) is 14.5 Å². The Morgan fingerprint density at radius 2 is 1.89 bits per heavy atom. The second-order valence-corrected chi connectivity index (χ2v) is 16.9. The lowest BCUT2D eigenvalue weighted by molar-refractivity contribution is -0.169. The molecule has 3 aliphatic rings. The summed E-state index contributed by atoms with van der Waals surface area (Å²) in [7, 11) is -3.12. The maximum absolute atomic E-state index is 12.7. The maximum Gasteiger partial charge on any atom is 0.474 e. The maximum atomic E-state index is 12.7. The van der Waals surface area contributed by atoms with Gasteiger partial charge in [-0.05, 0) is 34.5 Å². The van der Waals surface area contributed by atoms with Gasteiger partial charge in [-0.2, -0.15) is 22.5 Å². The minimum atomic E-state index is -5.15. The molecule has 5 atom stereocenters. The predicted octanol–water partition coefficient (Wildman–Crippen LogP) is 3.85. The van der Waals surface area contributed by atoms with Crippen LogP contribution in [-0.2, 0) is 46.4 Å². The van der Waals surface area contributed by atoms with Crippen LogP contribution in [0, 0.1) is 0 Å². The highest BCUT2D eigenvalue weighted by molar-refractivity contribution is 7.95. The van der Waals surface area contributed by atoms with E-state index in [-0.39, 0.29) is 54.8 Å². The molecule has 47 heavy (non-hydrogen) atoms. The first-order valence-electron chi connectivity index (χ1n) is 14.7. The number of aliphatic hydroxyl groups excluding tert-OH is 1. The molecule has 1 aromatic carbocycles. The molecule has 17 heteroatoms. The van der Waals surface area contributed by atoms with Crippen molar-refractivity contribution in [2.24, 2.45) is 4.36 Å². The first kappa shape index (κ1) is 34.1. The summed E-state index contributed by atoms with van der Waals surface area (Å²) in [5.74, 6) is -1.83. The fourth-order valence-corrected chi connectivity index (χ4v) is 8.00. The number of fused-ring (bicyclic) bond motifs is 2. The van der Waals surface area contributed by atoms with Crippen molar-refractivity contribution in [1.29, 1.82) is 0 Å². The van der Waals surface area contributed by atoms with Crippen LogP contribution in [0.2, 0.25) is 5.02 Å². The van der Waals surface area contributed by atoms with Gasteiger partial charge in [-0.25, -0.2) is 9.19 Å². The van der Waals surface area contributed by atoms with Gasteiger partial charge in [-0.3, -0.25) is 9.36 Å². The van der Waals surface area contributed by atoms with Crippen molar-refractivity contribution in [3.8, 4) is 17.3 Å². The summed E-state index contributed by atoms with van der Waals surface area (Å²) in [6.45, 7) is 1.05. The molecule has 6 rings (SSSR count). The number of alkyl halides is 3. The number of pyridine rings is 1. The third-order valence-electron chi connectivity index (χ3n) is 8.04. The first-order chi connectivity index (χ1) is 22.3. The van der Waals surface area contributed by atoms with Gasteiger partial charge < -0.3 is 24.1 Å². The fraction of sp³-hybridized carbons (Fsp3) is 0.500. The number of hydrogen-bond donors (Lipinski definition) is 1. The average Bonchev–Trinajstić information content (AvgIpc) is 3.69. The fourth-order valence-electron chi connectivity index (χ4n) is 5.55. The van der Waals surface area contributed by atoms with Crippen molar-refractivity contribution < 1.29 is 46.2 Å². The molecule has 1 amide bonds. The van der Waals surface area contributed by atoms with E-state index >= 15 is 0 Å². The predicted molar refractivity (Wildman–Crippen MR) is 172 cm³/mol. The Hall–Kier alpha value is -2.73. The van der Waals surface area contributed by atoms with E-state index in [0.717, 1.165) is 16.9 Å². The number of aromatic nitrogens is 3. The number of benzene rings is 1. The Morgan fingerprint density at radius 1 is 1.17 bits per heavy atom. The Morgan fingerprint density at radius 3 is 2.57 bits per heavy atom. The third kappa shape index (κ3) is 7.48. The molecular weight excluding hydrogens is 685 g/mol. The Bertz CT molecular complexity index is 1810. The zero-order chi connectivity index (χ0) is 33.5. The first-order valence-corrected chi connectivity index (χ1v) is 19.2. The van der Waals surface area contributed by atoms with Crippen molar-refractivity contribution in [2.45, 2.75) is 43.7 Å². The topological polar surface area (TPSA) is 134 Å². The van der Waals surface area contributed by atoms with Gasteiger partial charge in [-0.1, -0.05) is 41.9 Å². The highest BCUT2D eigenvalue weighted by atomic mass is 35.5. The summed E-state index contributed by atoms with van der Waals surface area (Å²) < 4.78 is 79.0. The molecule has 3 aromatic rings. The average molecular weight is 718 g/mol. The van der Waals surface area contributed by atoms with E-state index in [1.54, 1.807) is 16.7 Å². The molecule has 2 fully saturated rings. The lowest BCUT2D eigenvalue weighted by Gasteiger charge is -2.18. The van der Waals surface area contributed by atoms with Gasteiger partial charge in [0.2, 0.25) is 0 Å². The van der Waals surface area contributed by atoms with E-state index in [1.807, 2.05) is 24.3 Å². The van der Waals surface area contributed by atoms with Gasteiger partial charge in [0.25, 0.3) is 0 Å². The van der Waals surface area contributed by atoms with Gasteiger partial charge in [0.05, 0.1) is 58.5 Å². The molecule has 0 spiro atoms. The molecule has 0 radical (unpaired) electrons. The molecule has 3 aliphatic heterocycles. The second kappa shape index (κ2) is 13.6. The van der Waals surface area contributed by atoms with Gasteiger partial charge in [0.1, 0.15) is 36.3 Å². The zero-order valence-corrected chi connectivity index (χ0v) is 27.8. The van der Waals surface area contributed by atoms with Crippen LogP contribution in [0.1, 0.15) is 12.0 Å². The molecule has 254 valence electrons. The molecule has 2 unspecified atom stereocenters. The number of aliphatic hydroxyl groups is 1. The molecule has 0 aliphatic carbocycles. The van der Waals surface area contributed by atoms with E-state index in [4.69, 9.17) is 35.5 Å². The van der Waals surface area contributed by atoms with E-state index in [2.05, 4.69) is 21.9 Å². The molecule has 5 heterocycles. The molecular formula is C30H33ClF3N4O7S2+. The highest BCUT2D eigenvalue weighted by Gasteiger charge is 2.49. The summed E-state index contributed by atoms with van der Waals surface area (Å²) in [4.78, 5) is 20.8. The van der Waals surface area contributed by atoms with Crippen molar-refractivity contribution in [3.05, 3.63) is 47.0 Å². The minimum absolute atomic E-state index is 0.124. The molecule has 2 saturated heterocycles. The standard InChI is InChI=1S/C30H33ClF3N4O7S2/c1-46(2)10-9-42-16-38-27-21(35-29(38)45-23-15-44-25-22(39)14-43-26(23)25)13-20(31)24(36-27)19-5-3-17(4-6-19)18-7-11-47(41,12-8-18)37-28(40)30(32,33)34/h3-7,13,22-23,25-26,39H,8-12,14-16H2,1-2H3/q+1/t22-,23?,25-,26-,47?/m1/s1. The van der Waals surface area contributed by atoms with E-state index in [0.29, 0.717) is 34.1 Å². The van der Waals surface area contributed by atoms with E-state index < -0.39 is 46.2 Å². The number of halogens is 4. The summed E-state index contributed by atoms with van der Waals surface area (Å²) in [6, 6.07) is 9.23. The molecule has 11 nitrogen and oxygen atoms in total. The second-order valence-electron chi connectivity index (χ2n) is 11.6. The quantitative estimate of drug-likeness (QED) is 0.259. The van der Waals surface area contributed by atoms with Crippen LogP contribution in [0.5, 0.6) is 6.01 Å². The lowest BCUT2D eigenvalue weighted by Crippen LogP contribution is -2.35. The van der Waals surface area contributed by atoms with Crippen LogP contribution in [-0.4, -0.2) is 110 Å². The third-order valence-corrected chi connectivity index (χ3v) is 11.3. The Kier molecular flexibility index (Phi) is 9.91. The number of hydrogen-bond acceptors (Lipinski definition) is 9. The highest BCUT2D eigenvalue weighted by Crippen LogP contribution is 2.35. The number of imidazole rings is 1. The summed E-state index contributed by atoms with van der Waals surface area (Å²) in [5, 5.41) is 10.5. The largest absolute Gasteiger partial charge is 0.474 e.